The van der Waals surface area contributed by atoms with Crippen molar-refractivity contribution >= 4 is 11.4 Å². The van der Waals surface area contributed by atoms with E-state index < -0.39 is 0 Å². The fourth-order valence-corrected chi connectivity index (χ4v) is 1.47. The molecule has 0 unspecified atom stereocenters. The Bertz CT molecular complexity index is 543. The molecule has 3 N–H and O–H groups in total. The molecule has 0 fully saturated rings. The predicted molar refractivity (Wildman–Crippen MR) is 67.1 cm³/mol. The van der Waals surface area contributed by atoms with E-state index in [2.05, 4.69) is 16.4 Å². The number of nitrogen functional groups attached to an aromatic ring is 1. The van der Waals surface area contributed by atoms with Crippen molar-refractivity contribution in [2.24, 2.45) is 0 Å². The van der Waals surface area contributed by atoms with Crippen molar-refractivity contribution in [1.29, 1.82) is 5.26 Å². The van der Waals surface area contributed by atoms with Crippen LogP contribution >= 0.6 is 0 Å². The summed E-state index contributed by atoms with van der Waals surface area (Å²) in [6.45, 7) is 0.692. The normalized spacial score (nSPS) is 9.59. The highest BCUT2D eigenvalue weighted by Crippen LogP contribution is 2.17. The number of nitriles is 1. The third-order valence-electron chi connectivity index (χ3n) is 2.42. The van der Waals surface area contributed by atoms with Crippen LogP contribution in [0.4, 0.5) is 11.4 Å². The maximum atomic E-state index is 8.86. The van der Waals surface area contributed by atoms with Crippen LogP contribution in [0.1, 0.15) is 11.1 Å². The van der Waals surface area contributed by atoms with Gasteiger partial charge in [-0.05, 0) is 35.9 Å². The second-order valence-electron chi connectivity index (χ2n) is 3.62. The molecule has 0 aliphatic rings. The van der Waals surface area contributed by atoms with Crippen molar-refractivity contribution in [2.75, 3.05) is 11.1 Å². The zero-order chi connectivity index (χ0) is 12.1. The van der Waals surface area contributed by atoms with Gasteiger partial charge in [0.2, 0.25) is 0 Å². The predicted octanol–water partition coefficient (Wildman–Crippen LogP) is 2.15. The molecule has 0 aliphatic heterocycles. The number of hydrogen-bond acceptors (Lipinski definition) is 4. The van der Waals surface area contributed by atoms with Crippen LogP contribution in [-0.4, -0.2) is 4.98 Å². The van der Waals surface area contributed by atoms with E-state index >= 15 is 0 Å². The molecule has 84 valence electrons. The Morgan fingerprint density at radius 2 is 2.00 bits per heavy atom. The summed E-state index contributed by atoms with van der Waals surface area (Å²) >= 11 is 0. The number of nitrogens with two attached hydrogens (primary N) is 1. The van der Waals surface area contributed by atoms with Crippen molar-refractivity contribution in [3.05, 3.63) is 53.9 Å². The van der Waals surface area contributed by atoms with Crippen LogP contribution in [0.5, 0.6) is 0 Å². The fourth-order valence-electron chi connectivity index (χ4n) is 1.47. The lowest BCUT2D eigenvalue weighted by Crippen LogP contribution is -2.00. The fraction of sp³-hybridized carbons (Fsp3) is 0.0769. The van der Waals surface area contributed by atoms with Gasteiger partial charge >= 0.3 is 0 Å². The highest BCUT2D eigenvalue weighted by atomic mass is 14.9. The largest absolute Gasteiger partial charge is 0.398 e. The minimum atomic E-state index is 0.490. The molecule has 1 aromatic carbocycles. The SMILES string of the molecule is N#Cc1cc(NCc2ccncc2)ccc1N. The number of anilines is 2. The number of nitrogens with one attached hydrogen (secondary N) is 1. The summed E-state index contributed by atoms with van der Waals surface area (Å²) in [6.07, 6.45) is 3.50. The number of nitrogens with zero attached hydrogens (tertiary/aromatic N) is 2. The van der Waals surface area contributed by atoms with Gasteiger partial charge in [0.25, 0.3) is 0 Å². The molecule has 4 nitrogen and oxygen atoms in total. The second kappa shape index (κ2) is 4.99. The van der Waals surface area contributed by atoms with Crippen molar-refractivity contribution in [2.45, 2.75) is 6.54 Å². The molecule has 0 amide bonds. The van der Waals surface area contributed by atoms with E-state index in [1.54, 1.807) is 24.5 Å². The summed E-state index contributed by atoms with van der Waals surface area (Å²) in [5.74, 6) is 0. The van der Waals surface area contributed by atoms with Gasteiger partial charge in [-0.3, -0.25) is 4.98 Å². The molecule has 0 saturated carbocycles. The lowest BCUT2D eigenvalue weighted by molar-refractivity contribution is 1.13. The first-order chi connectivity index (χ1) is 8.29. The van der Waals surface area contributed by atoms with Crippen LogP contribution in [0.2, 0.25) is 0 Å². The number of rotatable bonds is 3. The number of pyridine rings is 1. The molecule has 0 bridgehead atoms. The molecule has 4 heteroatoms. The number of benzene rings is 1. The van der Waals surface area contributed by atoms with Crippen molar-refractivity contribution < 1.29 is 0 Å². The van der Waals surface area contributed by atoms with Crippen LogP contribution in [0.3, 0.4) is 0 Å². The van der Waals surface area contributed by atoms with Gasteiger partial charge in [-0.25, -0.2) is 0 Å². The minimum absolute atomic E-state index is 0.490. The van der Waals surface area contributed by atoms with Gasteiger partial charge in [0, 0.05) is 30.3 Å². The monoisotopic (exact) mass is 224 g/mol. The Morgan fingerprint density at radius 1 is 1.24 bits per heavy atom. The van der Waals surface area contributed by atoms with E-state index in [9.17, 15) is 0 Å². The summed E-state index contributed by atoms with van der Waals surface area (Å²) < 4.78 is 0. The first kappa shape index (κ1) is 11.0. The molecule has 17 heavy (non-hydrogen) atoms. The minimum Gasteiger partial charge on any atom is -0.398 e. The molecule has 0 saturated heterocycles. The van der Waals surface area contributed by atoms with E-state index in [0.717, 1.165) is 11.3 Å². The Hall–Kier alpha value is -2.54. The maximum absolute atomic E-state index is 8.86. The topological polar surface area (TPSA) is 74.7 Å². The van der Waals surface area contributed by atoms with E-state index in [4.69, 9.17) is 11.0 Å². The summed E-state index contributed by atoms with van der Waals surface area (Å²) in [7, 11) is 0. The molecule has 2 rings (SSSR count). The average Bonchev–Trinajstić information content (AvgIpc) is 2.39. The second-order valence-corrected chi connectivity index (χ2v) is 3.62. The van der Waals surface area contributed by atoms with Crippen molar-refractivity contribution in [3.8, 4) is 6.07 Å². The van der Waals surface area contributed by atoms with Gasteiger partial charge in [0.1, 0.15) is 6.07 Å². The van der Waals surface area contributed by atoms with Gasteiger partial charge in [-0.1, -0.05) is 0 Å². The average molecular weight is 224 g/mol. The molecule has 2 aromatic rings. The zero-order valence-corrected chi connectivity index (χ0v) is 9.22. The van der Waals surface area contributed by atoms with Gasteiger partial charge in [0.05, 0.1) is 5.56 Å². The van der Waals surface area contributed by atoms with Crippen molar-refractivity contribution in [3.63, 3.8) is 0 Å². The lowest BCUT2D eigenvalue weighted by atomic mass is 10.1. The van der Waals surface area contributed by atoms with Crippen molar-refractivity contribution in [1.82, 2.24) is 4.98 Å². The molecule has 0 spiro atoms. The molecule has 1 heterocycles. The highest BCUT2D eigenvalue weighted by Gasteiger charge is 1.99. The summed E-state index contributed by atoms with van der Waals surface area (Å²) in [5, 5.41) is 12.1. The van der Waals surface area contributed by atoms with Gasteiger partial charge in [-0.15, -0.1) is 0 Å². The Balaban J connectivity index is 2.08. The smallest absolute Gasteiger partial charge is 0.101 e. The number of aromatic nitrogens is 1. The lowest BCUT2D eigenvalue weighted by Gasteiger charge is -2.07. The third kappa shape index (κ3) is 2.73. The highest BCUT2D eigenvalue weighted by molar-refractivity contribution is 5.61. The summed E-state index contributed by atoms with van der Waals surface area (Å²) in [5.41, 5.74) is 8.66. The van der Waals surface area contributed by atoms with E-state index in [-0.39, 0.29) is 0 Å². The van der Waals surface area contributed by atoms with Crippen LogP contribution in [-0.2, 0) is 6.54 Å². The molecule has 0 aliphatic carbocycles. The molecule has 0 radical (unpaired) electrons. The third-order valence-corrected chi connectivity index (χ3v) is 2.42. The van der Waals surface area contributed by atoms with Crippen LogP contribution in [0.25, 0.3) is 0 Å². The zero-order valence-electron chi connectivity index (χ0n) is 9.22. The first-order valence-corrected chi connectivity index (χ1v) is 5.22. The first-order valence-electron chi connectivity index (χ1n) is 5.22. The van der Waals surface area contributed by atoms with Gasteiger partial charge < -0.3 is 11.1 Å². The Kier molecular flexibility index (Phi) is 3.22. The molecular formula is C13H12N4. The van der Waals surface area contributed by atoms with E-state index in [1.165, 1.54) is 0 Å². The standard InChI is InChI=1S/C13H12N4/c14-8-11-7-12(1-2-13(11)15)17-9-10-3-5-16-6-4-10/h1-7,17H,9,15H2. The maximum Gasteiger partial charge on any atom is 0.101 e. The number of hydrogen-bond donors (Lipinski definition) is 2. The molecule has 1 aromatic heterocycles. The Labute approximate surface area is 99.7 Å². The van der Waals surface area contributed by atoms with Crippen LogP contribution in [0.15, 0.2) is 42.7 Å². The molecule has 0 atom stereocenters. The summed E-state index contributed by atoms with van der Waals surface area (Å²) in [4.78, 5) is 3.95. The molecular weight excluding hydrogens is 212 g/mol. The summed E-state index contributed by atoms with van der Waals surface area (Å²) in [6, 6.07) is 11.3. The van der Waals surface area contributed by atoms with E-state index in [1.807, 2.05) is 18.2 Å². The Morgan fingerprint density at radius 3 is 2.71 bits per heavy atom. The van der Waals surface area contributed by atoms with Gasteiger partial charge in [-0.2, -0.15) is 5.26 Å². The van der Waals surface area contributed by atoms with Gasteiger partial charge in [0.15, 0.2) is 0 Å². The quantitative estimate of drug-likeness (QED) is 0.783. The van der Waals surface area contributed by atoms with E-state index in [0.29, 0.717) is 17.8 Å². The van der Waals surface area contributed by atoms with Crippen LogP contribution < -0.4 is 11.1 Å². The van der Waals surface area contributed by atoms with Crippen LogP contribution in [0, 0.1) is 11.3 Å².